The van der Waals surface area contributed by atoms with Crippen LogP contribution in [-0.2, 0) is 13.1 Å². The van der Waals surface area contributed by atoms with Gasteiger partial charge in [0.1, 0.15) is 5.75 Å². The molecule has 0 radical (unpaired) electrons. The molecule has 1 aromatic carbocycles. The van der Waals surface area contributed by atoms with Crippen LogP contribution in [0.15, 0.2) is 17.1 Å². The maximum absolute atomic E-state index is 12.8. The number of alkyl halides is 2. The lowest BCUT2D eigenvalue weighted by Gasteiger charge is -2.13. The third-order valence-electron chi connectivity index (χ3n) is 3.94. The molecular weight excluding hydrogens is 390 g/mol. The highest BCUT2D eigenvalue weighted by Crippen LogP contribution is 2.39. The monoisotopic (exact) mass is 412 g/mol. The minimum atomic E-state index is -2.94. The Bertz CT molecular complexity index is 858. The predicted molar refractivity (Wildman–Crippen MR) is 102 cm³/mol. The van der Waals surface area contributed by atoms with E-state index in [0.717, 1.165) is 15.6 Å². The molecule has 152 valence electrons. The van der Waals surface area contributed by atoms with Crippen LogP contribution in [0.3, 0.4) is 0 Å². The second kappa shape index (κ2) is 9.05. The number of aryl methyl sites for hydroxylation is 2. The number of aromatic nitrogens is 1. The molecule has 28 heavy (non-hydrogen) atoms. The van der Waals surface area contributed by atoms with Gasteiger partial charge in [0.25, 0.3) is 0 Å². The maximum atomic E-state index is 12.8. The van der Waals surface area contributed by atoms with Gasteiger partial charge in [-0.05, 0) is 26.8 Å². The standard InChI is InChI=1S/C18H22F2N4O3S/c1-4-21-18(23-8-16-10(2)24-11(3)28-16)22-7-12-5-14-15(26-9-25-14)6-13(12)27-17(19)20/h5-6,17H,4,7-9H2,1-3H3,(H2,21,22,23). The summed E-state index contributed by atoms with van der Waals surface area (Å²) in [6, 6.07) is 3.02. The summed E-state index contributed by atoms with van der Waals surface area (Å²) >= 11 is 1.62. The summed E-state index contributed by atoms with van der Waals surface area (Å²) in [5.74, 6) is 1.45. The Balaban J connectivity index is 1.75. The zero-order valence-corrected chi connectivity index (χ0v) is 16.7. The fraction of sp³-hybridized carbons (Fsp3) is 0.444. The van der Waals surface area contributed by atoms with Crippen LogP contribution in [0.5, 0.6) is 17.2 Å². The molecule has 0 unspecified atom stereocenters. The number of nitrogens with one attached hydrogen (secondary N) is 2. The van der Waals surface area contributed by atoms with Gasteiger partial charge in [0, 0.05) is 23.1 Å². The van der Waals surface area contributed by atoms with Crippen LogP contribution < -0.4 is 24.8 Å². The van der Waals surface area contributed by atoms with E-state index in [1.165, 1.54) is 6.07 Å². The molecule has 2 N–H and O–H groups in total. The third kappa shape index (κ3) is 5.00. The molecule has 0 aliphatic carbocycles. The van der Waals surface area contributed by atoms with Gasteiger partial charge in [-0.15, -0.1) is 11.3 Å². The summed E-state index contributed by atoms with van der Waals surface area (Å²) in [5.41, 5.74) is 1.46. The Hall–Kier alpha value is -2.62. The average Bonchev–Trinajstić information content (AvgIpc) is 3.21. The summed E-state index contributed by atoms with van der Waals surface area (Å²) in [6.07, 6.45) is 0. The van der Waals surface area contributed by atoms with Crippen LogP contribution in [0.4, 0.5) is 8.78 Å². The van der Waals surface area contributed by atoms with Crippen molar-refractivity contribution in [2.75, 3.05) is 13.3 Å². The highest BCUT2D eigenvalue weighted by atomic mass is 32.1. The first-order chi connectivity index (χ1) is 13.5. The number of nitrogens with zero attached hydrogens (tertiary/aromatic N) is 2. The van der Waals surface area contributed by atoms with Gasteiger partial charge >= 0.3 is 6.61 Å². The van der Waals surface area contributed by atoms with Crippen molar-refractivity contribution < 1.29 is 23.0 Å². The smallest absolute Gasteiger partial charge is 0.387 e. The lowest BCUT2D eigenvalue weighted by molar-refractivity contribution is -0.0505. The Morgan fingerprint density at radius 1 is 1.29 bits per heavy atom. The van der Waals surface area contributed by atoms with Gasteiger partial charge in [-0.2, -0.15) is 8.78 Å². The fourth-order valence-corrected chi connectivity index (χ4v) is 3.58. The van der Waals surface area contributed by atoms with Crippen molar-refractivity contribution in [3.63, 3.8) is 0 Å². The van der Waals surface area contributed by atoms with Crippen molar-refractivity contribution in [3.05, 3.63) is 33.3 Å². The quantitative estimate of drug-likeness (QED) is 0.537. The number of aliphatic imine (C=N–C) groups is 1. The first kappa shape index (κ1) is 20.1. The molecule has 1 aromatic heterocycles. The molecule has 0 spiro atoms. The molecule has 0 fully saturated rings. The highest BCUT2D eigenvalue weighted by Gasteiger charge is 2.20. The first-order valence-electron chi connectivity index (χ1n) is 8.78. The van der Waals surface area contributed by atoms with E-state index in [-0.39, 0.29) is 19.1 Å². The van der Waals surface area contributed by atoms with E-state index in [0.29, 0.717) is 36.1 Å². The minimum Gasteiger partial charge on any atom is -0.454 e. The maximum Gasteiger partial charge on any atom is 0.387 e. The highest BCUT2D eigenvalue weighted by molar-refractivity contribution is 7.11. The van der Waals surface area contributed by atoms with E-state index < -0.39 is 6.61 Å². The largest absolute Gasteiger partial charge is 0.454 e. The molecule has 2 aromatic rings. The predicted octanol–water partition coefficient (Wildman–Crippen LogP) is 3.35. The molecule has 7 nitrogen and oxygen atoms in total. The number of rotatable bonds is 7. The van der Waals surface area contributed by atoms with Crippen LogP contribution in [0, 0.1) is 13.8 Å². The molecule has 0 bridgehead atoms. The number of halogens is 2. The van der Waals surface area contributed by atoms with Crippen LogP contribution in [0.25, 0.3) is 0 Å². The number of benzene rings is 1. The number of ether oxygens (including phenoxy) is 3. The van der Waals surface area contributed by atoms with E-state index in [1.807, 2.05) is 20.8 Å². The zero-order chi connectivity index (χ0) is 20.1. The Labute approximate surface area is 165 Å². The molecule has 0 amide bonds. The van der Waals surface area contributed by atoms with E-state index in [9.17, 15) is 8.78 Å². The third-order valence-corrected chi connectivity index (χ3v) is 5.01. The summed E-state index contributed by atoms with van der Waals surface area (Å²) in [4.78, 5) is 10.0. The van der Waals surface area contributed by atoms with Gasteiger partial charge < -0.3 is 24.8 Å². The van der Waals surface area contributed by atoms with Crippen LogP contribution in [0.1, 0.15) is 28.1 Å². The zero-order valence-electron chi connectivity index (χ0n) is 15.8. The molecular formula is C18H22F2N4O3S. The topological polar surface area (TPSA) is 77.0 Å². The molecule has 10 heteroatoms. The Morgan fingerprint density at radius 2 is 2.04 bits per heavy atom. The number of guanidine groups is 1. The van der Waals surface area contributed by atoms with Gasteiger partial charge in [-0.25, -0.2) is 9.98 Å². The summed E-state index contributed by atoms with van der Waals surface area (Å²) in [5, 5.41) is 7.38. The van der Waals surface area contributed by atoms with Crippen molar-refractivity contribution >= 4 is 17.3 Å². The normalized spacial score (nSPS) is 13.1. The SMILES string of the molecule is CCNC(=NCc1cc2c(cc1OC(F)F)OCO2)NCc1sc(C)nc1C. The van der Waals surface area contributed by atoms with Crippen molar-refractivity contribution in [1.82, 2.24) is 15.6 Å². The molecule has 0 saturated heterocycles. The van der Waals surface area contributed by atoms with Crippen LogP contribution in [0.2, 0.25) is 0 Å². The summed E-state index contributed by atoms with van der Waals surface area (Å²) < 4.78 is 40.7. The second-order valence-electron chi connectivity index (χ2n) is 5.98. The molecule has 0 atom stereocenters. The Morgan fingerprint density at radius 3 is 2.68 bits per heavy atom. The van der Waals surface area contributed by atoms with Gasteiger partial charge in [0.15, 0.2) is 17.5 Å². The van der Waals surface area contributed by atoms with Gasteiger partial charge in [0.2, 0.25) is 6.79 Å². The average molecular weight is 412 g/mol. The van der Waals surface area contributed by atoms with Crippen molar-refractivity contribution in [2.45, 2.75) is 40.5 Å². The first-order valence-corrected chi connectivity index (χ1v) is 9.60. The molecule has 1 aliphatic rings. The number of hydrogen-bond donors (Lipinski definition) is 2. The fourth-order valence-electron chi connectivity index (χ4n) is 2.70. The lowest BCUT2D eigenvalue weighted by atomic mass is 10.1. The number of hydrogen-bond acceptors (Lipinski definition) is 6. The van der Waals surface area contributed by atoms with Crippen molar-refractivity contribution in [3.8, 4) is 17.2 Å². The number of thiazole rings is 1. The molecule has 3 rings (SSSR count). The molecule has 1 aliphatic heterocycles. The lowest BCUT2D eigenvalue weighted by Crippen LogP contribution is -2.36. The van der Waals surface area contributed by atoms with Crippen LogP contribution in [-0.4, -0.2) is 30.9 Å². The van der Waals surface area contributed by atoms with Gasteiger partial charge in [-0.1, -0.05) is 0 Å². The van der Waals surface area contributed by atoms with E-state index in [4.69, 9.17) is 9.47 Å². The van der Waals surface area contributed by atoms with Crippen LogP contribution >= 0.6 is 11.3 Å². The van der Waals surface area contributed by atoms with Gasteiger partial charge in [-0.3, -0.25) is 0 Å². The molecule has 0 saturated carbocycles. The summed E-state index contributed by atoms with van der Waals surface area (Å²) in [7, 11) is 0. The van der Waals surface area contributed by atoms with E-state index in [2.05, 4.69) is 25.3 Å². The Kier molecular flexibility index (Phi) is 6.50. The second-order valence-corrected chi connectivity index (χ2v) is 7.27. The van der Waals surface area contributed by atoms with E-state index >= 15 is 0 Å². The number of fused-ring (bicyclic) bond motifs is 1. The minimum absolute atomic E-state index is 0.0211. The van der Waals surface area contributed by atoms with Gasteiger partial charge in [0.05, 0.1) is 23.8 Å². The van der Waals surface area contributed by atoms with E-state index in [1.54, 1.807) is 17.4 Å². The van der Waals surface area contributed by atoms with Crippen molar-refractivity contribution in [1.29, 1.82) is 0 Å². The summed E-state index contributed by atoms with van der Waals surface area (Å²) in [6.45, 7) is 4.36. The van der Waals surface area contributed by atoms with Crippen molar-refractivity contribution in [2.24, 2.45) is 4.99 Å². The molecule has 2 heterocycles.